The summed E-state index contributed by atoms with van der Waals surface area (Å²) in [4.78, 5) is 8.89. The highest BCUT2D eigenvalue weighted by Crippen LogP contribution is 2.34. The molecule has 5 rings (SSSR count). The Hall–Kier alpha value is -3.65. The van der Waals surface area contributed by atoms with Crippen LogP contribution < -0.4 is 4.74 Å². The molecule has 0 saturated heterocycles. The molecule has 3 aromatic carbocycles. The van der Waals surface area contributed by atoms with Crippen LogP contribution in [0.2, 0.25) is 0 Å². The lowest BCUT2D eigenvalue weighted by Gasteiger charge is -2.11. The molecule has 32 heavy (non-hydrogen) atoms. The van der Waals surface area contributed by atoms with E-state index in [-0.39, 0.29) is 0 Å². The standard InChI is InChI=1S/C24H16F3N3OS/c1-31-19-10-11-20-22(12-19)32-23(29-20)16-4-8-18(9-5-16)30-14-28-13-21(30)15-2-6-17(7-3-15)24(25,26)27/h2-14H,1H3. The molecule has 0 aliphatic rings. The van der Waals surface area contributed by atoms with E-state index in [0.29, 0.717) is 11.3 Å². The second-order valence-electron chi connectivity index (χ2n) is 7.12. The van der Waals surface area contributed by atoms with E-state index >= 15 is 0 Å². The molecular weight excluding hydrogens is 435 g/mol. The van der Waals surface area contributed by atoms with E-state index in [0.717, 1.165) is 44.4 Å². The summed E-state index contributed by atoms with van der Waals surface area (Å²) in [7, 11) is 1.64. The zero-order valence-electron chi connectivity index (χ0n) is 16.8. The zero-order chi connectivity index (χ0) is 22.3. The summed E-state index contributed by atoms with van der Waals surface area (Å²) in [6.45, 7) is 0. The van der Waals surface area contributed by atoms with Crippen LogP contribution in [0.25, 0.3) is 37.7 Å². The predicted molar refractivity (Wildman–Crippen MR) is 119 cm³/mol. The summed E-state index contributed by atoms with van der Waals surface area (Å²) < 4.78 is 46.8. The van der Waals surface area contributed by atoms with Crippen LogP contribution in [0.3, 0.4) is 0 Å². The van der Waals surface area contributed by atoms with Gasteiger partial charge in [-0.25, -0.2) is 9.97 Å². The first-order valence-corrected chi connectivity index (χ1v) is 10.5. The van der Waals surface area contributed by atoms with Crippen molar-refractivity contribution < 1.29 is 17.9 Å². The molecule has 0 spiro atoms. The highest BCUT2D eigenvalue weighted by Gasteiger charge is 2.30. The molecular formula is C24H16F3N3OS. The number of fused-ring (bicyclic) bond motifs is 1. The largest absolute Gasteiger partial charge is 0.497 e. The number of imidazole rings is 1. The van der Waals surface area contributed by atoms with Gasteiger partial charge in [-0.15, -0.1) is 11.3 Å². The molecule has 0 aliphatic heterocycles. The van der Waals surface area contributed by atoms with Gasteiger partial charge < -0.3 is 4.74 Å². The third-order valence-corrected chi connectivity index (χ3v) is 6.20. The number of benzene rings is 3. The van der Waals surface area contributed by atoms with Gasteiger partial charge in [0.15, 0.2) is 0 Å². The lowest BCUT2D eigenvalue weighted by Crippen LogP contribution is -2.04. The fraction of sp³-hybridized carbons (Fsp3) is 0.0833. The molecule has 0 saturated carbocycles. The number of ether oxygens (including phenoxy) is 1. The molecule has 0 N–H and O–H groups in total. The van der Waals surface area contributed by atoms with Gasteiger partial charge in [-0.2, -0.15) is 13.2 Å². The van der Waals surface area contributed by atoms with Crippen LogP contribution in [0.15, 0.2) is 79.3 Å². The Kier molecular flexibility index (Phi) is 4.94. The first kappa shape index (κ1) is 20.3. The van der Waals surface area contributed by atoms with E-state index in [9.17, 15) is 13.2 Å². The van der Waals surface area contributed by atoms with Crippen LogP contribution in [0.4, 0.5) is 13.2 Å². The highest BCUT2D eigenvalue weighted by atomic mass is 32.1. The van der Waals surface area contributed by atoms with Gasteiger partial charge in [-0.1, -0.05) is 12.1 Å². The third kappa shape index (κ3) is 3.73. The monoisotopic (exact) mass is 451 g/mol. The quantitative estimate of drug-likeness (QED) is 0.300. The molecule has 0 amide bonds. The molecule has 0 unspecified atom stereocenters. The van der Waals surface area contributed by atoms with Crippen molar-refractivity contribution >= 4 is 21.6 Å². The second-order valence-corrected chi connectivity index (χ2v) is 8.15. The van der Waals surface area contributed by atoms with E-state index in [1.165, 1.54) is 12.1 Å². The fourth-order valence-electron chi connectivity index (χ4n) is 3.46. The molecule has 0 fully saturated rings. The van der Waals surface area contributed by atoms with Crippen molar-refractivity contribution in [3.05, 3.63) is 84.8 Å². The number of nitrogens with zero attached hydrogens (tertiary/aromatic N) is 3. The lowest BCUT2D eigenvalue weighted by molar-refractivity contribution is -0.137. The third-order valence-electron chi connectivity index (χ3n) is 5.13. The second kappa shape index (κ2) is 7.80. The number of alkyl halides is 3. The van der Waals surface area contributed by atoms with E-state index in [1.807, 2.05) is 47.0 Å². The van der Waals surface area contributed by atoms with Gasteiger partial charge >= 0.3 is 6.18 Å². The van der Waals surface area contributed by atoms with Gasteiger partial charge in [-0.3, -0.25) is 4.57 Å². The molecule has 4 nitrogen and oxygen atoms in total. The number of rotatable bonds is 4. The van der Waals surface area contributed by atoms with Crippen LogP contribution in [-0.4, -0.2) is 21.6 Å². The highest BCUT2D eigenvalue weighted by molar-refractivity contribution is 7.21. The molecule has 0 atom stereocenters. The molecule has 8 heteroatoms. The molecule has 2 heterocycles. The first-order valence-electron chi connectivity index (χ1n) is 9.68. The maximum absolute atomic E-state index is 12.9. The van der Waals surface area contributed by atoms with Crippen molar-refractivity contribution in [3.8, 4) is 33.3 Å². The van der Waals surface area contributed by atoms with Crippen LogP contribution in [0.1, 0.15) is 5.56 Å². The fourth-order valence-corrected chi connectivity index (χ4v) is 4.46. The van der Waals surface area contributed by atoms with Crippen LogP contribution in [0, 0.1) is 0 Å². The van der Waals surface area contributed by atoms with Crippen molar-refractivity contribution in [1.82, 2.24) is 14.5 Å². The topological polar surface area (TPSA) is 39.9 Å². The average molecular weight is 451 g/mol. The molecule has 0 radical (unpaired) electrons. The van der Waals surface area contributed by atoms with Gasteiger partial charge in [0.2, 0.25) is 0 Å². The first-order chi connectivity index (χ1) is 15.4. The van der Waals surface area contributed by atoms with Crippen LogP contribution >= 0.6 is 11.3 Å². The predicted octanol–water partition coefficient (Wildman–Crippen LogP) is 6.84. The number of hydrogen-bond acceptors (Lipinski definition) is 4. The molecule has 160 valence electrons. The average Bonchev–Trinajstić information content (AvgIpc) is 3.45. The van der Waals surface area contributed by atoms with E-state index in [4.69, 9.17) is 9.72 Å². The Morgan fingerprint density at radius 3 is 2.31 bits per heavy atom. The Labute approximate surface area is 185 Å². The minimum Gasteiger partial charge on any atom is -0.497 e. The number of methoxy groups -OCH3 is 1. The van der Waals surface area contributed by atoms with Crippen molar-refractivity contribution in [2.75, 3.05) is 7.11 Å². The molecule has 0 bridgehead atoms. The lowest BCUT2D eigenvalue weighted by atomic mass is 10.1. The molecule has 2 aromatic heterocycles. The Morgan fingerprint density at radius 2 is 1.62 bits per heavy atom. The van der Waals surface area contributed by atoms with Gasteiger partial charge in [0.1, 0.15) is 10.8 Å². The van der Waals surface area contributed by atoms with Gasteiger partial charge in [0.25, 0.3) is 0 Å². The van der Waals surface area contributed by atoms with E-state index in [1.54, 1.807) is 31.0 Å². The smallest absolute Gasteiger partial charge is 0.416 e. The Balaban J connectivity index is 1.45. The van der Waals surface area contributed by atoms with E-state index < -0.39 is 11.7 Å². The van der Waals surface area contributed by atoms with Crippen LogP contribution in [-0.2, 0) is 6.18 Å². The Bertz CT molecular complexity index is 1390. The zero-order valence-corrected chi connectivity index (χ0v) is 17.6. The molecule has 5 aromatic rings. The number of hydrogen-bond donors (Lipinski definition) is 0. The van der Waals surface area contributed by atoms with Crippen molar-refractivity contribution in [1.29, 1.82) is 0 Å². The number of halogens is 3. The summed E-state index contributed by atoms with van der Waals surface area (Å²) >= 11 is 1.58. The maximum atomic E-state index is 12.9. The summed E-state index contributed by atoms with van der Waals surface area (Å²) in [6, 6.07) is 18.7. The van der Waals surface area contributed by atoms with Gasteiger partial charge in [0.05, 0.1) is 41.1 Å². The maximum Gasteiger partial charge on any atom is 0.416 e. The molecule has 0 aliphatic carbocycles. The summed E-state index contributed by atoms with van der Waals surface area (Å²) in [6.07, 6.45) is -1.08. The summed E-state index contributed by atoms with van der Waals surface area (Å²) in [5, 5.41) is 0.897. The van der Waals surface area contributed by atoms with Crippen molar-refractivity contribution in [2.24, 2.45) is 0 Å². The van der Waals surface area contributed by atoms with Gasteiger partial charge in [-0.05, 0) is 54.6 Å². The van der Waals surface area contributed by atoms with Crippen molar-refractivity contribution in [3.63, 3.8) is 0 Å². The van der Waals surface area contributed by atoms with E-state index in [2.05, 4.69) is 4.98 Å². The number of thiazole rings is 1. The van der Waals surface area contributed by atoms with Crippen LogP contribution in [0.5, 0.6) is 5.75 Å². The minimum atomic E-state index is -4.36. The Morgan fingerprint density at radius 1 is 0.906 bits per heavy atom. The number of aromatic nitrogens is 3. The van der Waals surface area contributed by atoms with Gasteiger partial charge in [0, 0.05) is 16.8 Å². The SMILES string of the molecule is COc1ccc2nc(-c3ccc(-n4cncc4-c4ccc(C(F)(F)F)cc4)cc3)sc2c1. The normalized spacial score (nSPS) is 11.8. The van der Waals surface area contributed by atoms with Crippen molar-refractivity contribution in [2.45, 2.75) is 6.18 Å². The summed E-state index contributed by atoms with van der Waals surface area (Å²) in [5.41, 5.74) is 3.42. The minimum absolute atomic E-state index is 0.652. The summed E-state index contributed by atoms with van der Waals surface area (Å²) in [5.74, 6) is 0.791.